The largest absolute Gasteiger partial charge is 0.497 e. The summed E-state index contributed by atoms with van der Waals surface area (Å²) in [6.45, 7) is 16.0. The zero-order valence-electron chi connectivity index (χ0n) is 19.0. The van der Waals surface area contributed by atoms with Crippen LogP contribution in [0.4, 0.5) is 10.5 Å². The van der Waals surface area contributed by atoms with Gasteiger partial charge in [0, 0.05) is 51.0 Å². The highest BCUT2D eigenvalue weighted by molar-refractivity contribution is 5.74. The number of benzene rings is 1. The SMILES string of the molecule is CCN(CC)CCN(CC(C)C)C(=O)NCC1CCN(c2cccc(OC)c2)C1. The molecule has 164 valence electrons. The number of nitrogens with one attached hydrogen (secondary N) is 1. The van der Waals surface area contributed by atoms with E-state index in [4.69, 9.17) is 4.74 Å². The molecular weight excluding hydrogens is 364 g/mol. The third-order valence-corrected chi connectivity index (χ3v) is 5.70. The molecule has 0 spiro atoms. The van der Waals surface area contributed by atoms with Crippen molar-refractivity contribution in [3.63, 3.8) is 0 Å². The predicted octanol–water partition coefficient (Wildman–Crippen LogP) is 3.53. The smallest absolute Gasteiger partial charge is 0.317 e. The minimum absolute atomic E-state index is 0.0747. The first-order valence-corrected chi connectivity index (χ1v) is 11.1. The number of carbonyl (C=O) groups is 1. The first-order valence-electron chi connectivity index (χ1n) is 11.1. The highest BCUT2D eigenvalue weighted by Gasteiger charge is 2.24. The summed E-state index contributed by atoms with van der Waals surface area (Å²) in [5, 5.41) is 3.20. The van der Waals surface area contributed by atoms with Crippen LogP contribution in [0.5, 0.6) is 5.75 Å². The second kappa shape index (κ2) is 11.9. The van der Waals surface area contributed by atoms with Gasteiger partial charge in [0.1, 0.15) is 5.75 Å². The highest BCUT2D eigenvalue weighted by Crippen LogP contribution is 2.26. The maximum atomic E-state index is 12.8. The number of rotatable bonds is 11. The third kappa shape index (κ3) is 7.42. The van der Waals surface area contributed by atoms with E-state index in [-0.39, 0.29) is 6.03 Å². The lowest BCUT2D eigenvalue weighted by Crippen LogP contribution is -2.46. The summed E-state index contributed by atoms with van der Waals surface area (Å²) >= 11 is 0. The predicted molar refractivity (Wildman–Crippen MR) is 121 cm³/mol. The molecule has 1 aliphatic heterocycles. The Balaban J connectivity index is 1.84. The van der Waals surface area contributed by atoms with Crippen LogP contribution in [0.3, 0.4) is 0 Å². The molecule has 0 aromatic heterocycles. The number of methoxy groups -OCH3 is 1. The first-order chi connectivity index (χ1) is 14.0. The van der Waals surface area contributed by atoms with E-state index in [0.29, 0.717) is 11.8 Å². The van der Waals surface area contributed by atoms with E-state index in [1.807, 2.05) is 17.0 Å². The van der Waals surface area contributed by atoms with Crippen molar-refractivity contribution < 1.29 is 9.53 Å². The molecule has 2 rings (SSSR count). The van der Waals surface area contributed by atoms with Gasteiger partial charge >= 0.3 is 6.03 Å². The molecule has 1 aromatic rings. The molecule has 1 N–H and O–H groups in total. The van der Waals surface area contributed by atoms with Crippen molar-refractivity contribution in [2.24, 2.45) is 11.8 Å². The summed E-state index contributed by atoms with van der Waals surface area (Å²) in [5.74, 6) is 1.83. The number of ether oxygens (including phenoxy) is 1. The fourth-order valence-electron chi connectivity index (χ4n) is 3.90. The van der Waals surface area contributed by atoms with Crippen LogP contribution in [0.25, 0.3) is 0 Å². The van der Waals surface area contributed by atoms with Gasteiger partial charge in [0.2, 0.25) is 0 Å². The van der Waals surface area contributed by atoms with Gasteiger partial charge in [-0.15, -0.1) is 0 Å². The van der Waals surface area contributed by atoms with Gasteiger partial charge in [-0.3, -0.25) is 0 Å². The lowest BCUT2D eigenvalue weighted by atomic mass is 10.1. The van der Waals surface area contributed by atoms with E-state index in [1.165, 1.54) is 5.69 Å². The van der Waals surface area contributed by atoms with Crippen LogP contribution in [-0.4, -0.2) is 75.3 Å². The average Bonchev–Trinajstić information content (AvgIpc) is 3.20. The molecule has 1 atom stereocenters. The summed E-state index contributed by atoms with van der Waals surface area (Å²) in [7, 11) is 1.70. The minimum atomic E-state index is 0.0747. The van der Waals surface area contributed by atoms with Gasteiger partial charge in [-0.1, -0.05) is 33.8 Å². The molecule has 1 saturated heterocycles. The van der Waals surface area contributed by atoms with Crippen molar-refractivity contribution in [3.05, 3.63) is 24.3 Å². The Kier molecular flexibility index (Phi) is 9.58. The van der Waals surface area contributed by atoms with E-state index < -0.39 is 0 Å². The normalized spacial score (nSPS) is 16.5. The van der Waals surface area contributed by atoms with Crippen LogP contribution in [0.1, 0.15) is 34.1 Å². The van der Waals surface area contributed by atoms with Gasteiger partial charge in [-0.05, 0) is 43.5 Å². The van der Waals surface area contributed by atoms with Crippen molar-refractivity contribution in [2.45, 2.75) is 34.1 Å². The summed E-state index contributed by atoms with van der Waals surface area (Å²) in [4.78, 5) is 19.6. The quantitative estimate of drug-likeness (QED) is 0.613. The van der Waals surface area contributed by atoms with Crippen molar-refractivity contribution in [1.82, 2.24) is 15.1 Å². The molecule has 2 amide bonds. The van der Waals surface area contributed by atoms with Gasteiger partial charge in [0.05, 0.1) is 7.11 Å². The van der Waals surface area contributed by atoms with Gasteiger partial charge in [0.15, 0.2) is 0 Å². The summed E-state index contributed by atoms with van der Waals surface area (Å²) < 4.78 is 5.34. The van der Waals surface area contributed by atoms with Crippen LogP contribution in [0.2, 0.25) is 0 Å². The summed E-state index contributed by atoms with van der Waals surface area (Å²) in [5.41, 5.74) is 1.19. The van der Waals surface area contributed by atoms with Crippen molar-refractivity contribution in [1.29, 1.82) is 0 Å². The average molecular weight is 405 g/mol. The zero-order chi connectivity index (χ0) is 21.2. The van der Waals surface area contributed by atoms with E-state index in [1.54, 1.807) is 7.11 Å². The van der Waals surface area contributed by atoms with Crippen LogP contribution in [-0.2, 0) is 0 Å². The number of hydrogen-bond donors (Lipinski definition) is 1. The van der Waals surface area contributed by atoms with Crippen LogP contribution < -0.4 is 15.0 Å². The van der Waals surface area contributed by atoms with Gasteiger partial charge < -0.3 is 24.8 Å². The number of hydrogen-bond acceptors (Lipinski definition) is 4. The molecule has 0 radical (unpaired) electrons. The Bertz CT molecular complexity index is 619. The van der Waals surface area contributed by atoms with Crippen LogP contribution >= 0.6 is 0 Å². The molecule has 0 aliphatic carbocycles. The monoisotopic (exact) mass is 404 g/mol. The third-order valence-electron chi connectivity index (χ3n) is 5.70. The fraction of sp³-hybridized carbons (Fsp3) is 0.696. The highest BCUT2D eigenvalue weighted by atomic mass is 16.5. The van der Waals surface area contributed by atoms with Crippen LogP contribution in [0, 0.1) is 11.8 Å². The zero-order valence-corrected chi connectivity index (χ0v) is 19.0. The molecule has 0 saturated carbocycles. The second-order valence-corrected chi connectivity index (χ2v) is 8.35. The molecular formula is C23H40N4O2. The van der Waals surface area contributed by atoms with E-state index in [0.717, 1.165) is 64.5 Å². The van der Waals surface area contributed by atoms with E-state index >= 15 is 0 Å². The Morgan fingerprint density at radius 2 is 2.03 bits per heavy atom. The lowest BCUT2D eigenvalue weighted by Gasteiger charge is -2.28. The lowest BCUT2D eigenvalue weighted by molar-refractivity contribution is 0.176. The maximum Gasteiger partial charge on any atom is 0.317 e. The minimum Gasteiger partial charge on any atom is -0.497 e. The fourth-order valence-corrected chi connectivity index (χ4v) is 3.90. The Morgan fingerprint density at radius 1 is 1.28 bits per heavy atom. The molecule has 1 heterocycles. The van der Waals surface area contributed by atoms with Gasteiger partial charge in [-0.25, -0.2) is 4.79 Å². The number of nitrogens with zero attached hydrogens (tertiary/aromatic N) is 3. The molecule has 1 aliphatic rings. The molecule has 0 bridgehead atoms. The second-order valence-electron chi connectivity index (χ2n) is 8.35. The molecule has 1 unspecified atom stereocenters. The number of carbonyl (C=O) groups excluding carboxylic acids is 1. The maximum absolute atomic E-state index is 12.8. The molecule has 6 nitrogen and oxygen atoms in total. The standard InChI is InChI=1S/C23H40N4O2/c1-6-25(7-2)13-14-27(17-19(3)4)23(28)24-16-20-11-12-26(18-20)21-9-8-10-22(15-21)29-5/h8-10,15,19-20H,6-7,11-14,16-18H2,1-5H3,(H,24,28). The van der Waals surface area contributed by atoms with E-state index in [9.17, 15) is 4.79 Å². The molecule has 1 aromatic carbocycles. The Labute approximate surface area is 177 Å². The van der Waals surface area contributed by atoms with Gasteiger partial charge in [0.25, 0.3) is 0 Å². The Morgan fingerprint density at radius 3 is 2.69 bits per heavy atom. The molecule has 6 heteroatoms. The molecule has 1 fully saturated rings. The number of urea groups is 1. The van der Waals surface area contributed by atoms with Crippen molar-refractivity contribution in [2.75, 3.05) is 64.4 Å². The summed E-state index contributed by atoms with van der Waals surface area (Å²) in [6, 6.07) is 8.28. The molecule has 29 heavy (non-hydrogen) atoms. The topological polar surface area (TPSA) is 48.0 Å². The van der Waals surface area contributed by atoms with Crippen molar-refractivity contribution in [3.8, 4) is 5.75 Å². The number of likely N-dealkylation sites (N-methyl/N-ethyl adjacent to an activating group) is 1. The van der Waals surface area contributed by atoms with E-state index in [2.05, 4.69) is 54.9 Å². The Hall–Kier alpha value is -1.95. The number of amides is 2. The van der Waals surface area contributed by atoms with Crippen LogP contribution in [0.15, 0.2) is 24.3 Å². The summed E-state index contributed by atoms with van der Waals surface area (Å²) in [6.07, 6.45) is 1.10. The van der Waals surface area contributed by atoms with Gasteiger partial charge in [-0.2, -0.15) is 0 Å². The first kappa shape index (κ1) is 23.3. The van der Waals surface area contributed by atoms with Crippen molar-refractivity contribution >= 4 is 11.7 Å². The number of anilines is 1.